The van der Waals surface area contributed by atoms with Crippen molar-refractivity contribution < 1.29 is 9.67 Å². The van der Waals surface area contributed by atoms with E-state index in [1.807, 2.05) is 6.07 Å². The van der Waals surface area contributed by atoms with Crippen molar-refractivity contribution in [3.8, 4) is 0 Å². The van der Waals surface area contributed by atoms with Crippen LogP contribution in [0.2, 0.25) is 0 Å². The minimum Gasteiger partial charge on any atom is -0.391 e. The summed E-state index contributed by atoms with van der Waals surface area (Å²) >= 11 is 0. The third-order valence-corrected chi connectivity index (χ3v) is 4.38. The number of nitrogens with zero attached hydrogens (tertiary/aromatic N) is 1. The Kier molecular flexibility index (Phi) is 2.35. The Bertz CT molecular complexity index is 638. The standard InChI is InChI=1S/C16H17N2O/c19-10-11-5-6-15-16-13(7-8-18(15)9-11)12-3-1-2-4-14(12)17-16/h1-6,9,13,16-17,19H,7-8,10H2/q+1/t13-,16-/m1/s1. The third kappa shape index (κ3) is 1.58. The van der Waals surface area contributed by atoms with E-state index in [1.165, 1.54) is 16.9 Å². The molecule has 0 aliphatic carbocycles. The van der Waals surface area contributed by atoms with Crippen LogP contribution in [0, 0.1) is 0 Å². The Morgan fingerprint density at radius 3 is 3.00 bits per heavy atom. The predicted octanol–water partition coefficient (Wildman–Crippen LogP) is 2.12. The minimum atomic E-state index is 0.113. The van der Waals surface area contributed by atoms with Crippen LogP contribution in [0.5, 0.6) is 0 Å². The van der Waals surface area contributed by atoms with Crippen molar-refractivity contribution in [1.82, 2.24) is 0 Å². The first-order valence-corrected chi connectivity index (χ1v) is 6.85. The van der Waals surface area contributed by atoms with E-state index in [1.54, 1.807) is 0 Å². The molecule has 0 amide bonds. The quantitative estimate of drug-likeness (QED) is 0.764. The first kappa shape index (κ1) is 11.0. The summed E-state index contributed by atoms with van der Waals surface area (Å²) in [4.78, 5) is 0. The van der Waals surface area contributed by atoms with E-state index in [0.717, 1.165) is 18.5 Å². The number of fused-ring (bicyclic) bond motifs is 5. The lowest BCUT2D eigenvalue weighted by Gasteiger charge is -2.23. The molecule has 2 N–H and O–H groups in total. The summed E-state index contributed by atoms with van der Waals surface area (Å²) in [7, 11) is 0. The number of anilines is 1. The largest absolute Gasteiger partial charge is 0.391 e. The highest BCUT2D eigenvalue weighted by atomic mass is 16.3. The fourth-order valence-electron chi connectivity index (χ4n) is 3.46. The Labute approximate surface area is 112 Å². The highest BCUT2D eigenvalue weighted by Crippen LogP contribution is 2.46. The number of aliphatic hydroxyl groups is 1. The van der Waals surface area contributed by atoms with Crippen molar-refractivity contribution >= 4 is 5.69 Å². The van der Waals surface area contributed by atoms with Gasteiger partial charge in [-0.1, -0.05) is 18.2 Å². The van der Waals surface area contributed by atoms with Gasteiger partial charge >= 0.3 is 0 Å². The van der Waals surface area contributed by atoms with Crippen LogP contribution in [-0.2, 0) is 13.2 Å². The van der Waals surface area contributed by atoms with Gasteiger partial charge in [0, 0.05) is 29.7 Å². The molecule has 1 aromatic carbocycles. The number of aryl methyl sites for hydroxylation is 1. The molecule has 19 heavy (non-hydrogen) atoms. The van der Waals surface area contributed by atoms with Crippen molar-refractivity contribution in [1.29, 1.82) is 0 Å². The van der Waals surface area contributed by atoms with E-state index < -0.39 is 0 Å². The molecule has 3 heterocycles. The SMILES string of the molecule is OCc1ccc2[n+](c1)CC[C@@H]1c3ccccc3N[C@@H]21. The molecule has 2 aliphatic rings. The number of benzene rings is 1. The second kappa shape index (κ2) is 4.07. The van der Waals surface area contributed by atoms with Crippen molar-refractivity contribution in [3.63, 3.8) is 0 Å². The Morgan fingerprint density at radius 2 is 2.11 bits per heavy atom. The van der Waals surface area contributed by atoms with Crippen LogP contribution in [0.1, 0.15) is 35.2 Å². The summed E-state index contributed by atoms with van der Waals surface area (Å²) < 4.78 is 2.28. The maximum Gasteiger partial charge on any atom is 0.204 e. The molecule has 0 spiro atoms. The average Bonchev–Trinajstić information content (AvgIpc) is 2.85. The fourth-order valence-corrected chi connectivity index (χ4v) is 3.46. The Balaban J connectivity index is 1.78. The first-order valence-electron chi connectivity index (χ1n) is 6.85. The number of hydrogen-bond acceptors (Lipinski definition) is 2. The van der Waals surface area contributed by atoms with Crippen LogP contribution in [0.25, 0.3) is 0 Å². The lowest BCUT2D eigenvalue weighted by molar-refractivity contribution is -0.711. The van der Waals surface area contributed by atoms with Crippen LogP contribution in [0.15, 0.2) is 42.6 Å². The second-order valence-electron chi connectivity index (χ2n) is 5.42. The van der Waals surface area contributed by atoms with Crippen LogP contribution < -0.4 is 9.88 Å². The minimum absolute atomic E-state index is 0.113. The fraction of sp³-hybridized carbons (Fsp3) is 0.312. The number of para-hydroxylation sites is 1. The highest BCUT2D eigenvalue weighted by Gasteiger charge is 2.41. The number of pyridine rings is 1. The van der Waals surface area contributed by atoms with E-state index in [4.69, 9.17) is 0 Å². The molecular weight excluding hydrogens is 236 g/mol. The predicted molar refractivity (Wildman–Crippen MR) is 72.7 cm³/mol. The van der Waals surface area contributed by atoms with Crippen LogP contribution in [0.4, 0.5) is 5.69 Å². The lowest BCUT2D eigenvalue weighted by Crippen LogP contribution is -2.45. The molecule has 0 fully saturated rings. The second-order valence-corrected chi connectivity index (χ2v) is 5.42. The van der Waals surface area contributed by atoms with Gasteiger partial charge in [-0.3, -0.25) is 0 Å². The zero-order chi connectivity index (χ0) is 12.8. The van der Waals surface area contributed by atoms with Crippen LogP contribution >= 0.6 is 0 Å². The van der Waals surface area contributed by atoms with E-state index in [9.17, 15) is 5.11 Å². The van der Waals surface area contributed by atoms with Crippen molar-refractivity contribution in [2.45, 2.75) is 31.5 Å². The van der Waals surface area contributed by atoms with E-state index in [0.29, 0.717) is 12.0 Å². The van der Waals surface area contributed by atoms with Gasteiger partial charge in [-0.25, -0.2) is 4.57 Å². The normalized spacial score (nSPS) is 23.2. The number of aliphatic hydroxyl groups excluding tert-OH is 1. The Hall–Kier alpha value is -1.87. The van der Waals surface area contributed by atoms with Crippen molar-refractivity contribution in [2.24, 2.45) is 0 Å². The van der Waals surface area contributed by atoms with E-state index in [-0.39, 0.29) is 6.61 Å². The summed E-state index contributed by atoms with van der Waals surface area (Å²) in [6, 6.07) is 13.2. The molecule has 0 saturated heterocycles. The van der Waals surface area contributed by atoms with Gasteiger partial charge in [0.1, 0.15) is 12.6 Å². The van der Waals surface area contributed by atoms with Gasteiger partial charge in [0.15, 0.2) is 6.20 Å². The number of aromatic nitrogens is 1. The van der Waals surface area contributed by atoms with Gasteiger partial charge in [-0.05, 0) is 17.7 Å². The molecule has 96 valence electrons. The topological polar surface area (TPSA) is 36.1 Å². The van der Waals surface area contributed by atoms with Crippen LogP contribution in [0.3, 0.4) is 0 Å². The summed E-state index contributed by atoms with van der Waals surface area (Å²) in [6.07, 6.45) is 3.23. The third-order valence-electron chi connectivity index (χ3n) is 4.38. The van der Waals surface area contributed by atoms with Crippen molar-refractivity contribution in [3.05, 3.63) is 59.4 Å². The van der Waals surface area contributed by atoms with Gasteiger partial charge in [0.2, 0.25) is 5.69 Å². The maximum absolute atomic E-state index is 9.24. The zero-order valence-corrected chi connectivity index (χ0v) is 10.7. The Morgan fingerprint density at radius 1 is 1.21 bits per heavy atom. The van der Waals surface area contributed by atoms with Gasteiger partial charge in [-0.2, -0.15) is 0 Å². The van der Waals surface area contributed by atoms with Gasteiger partial charge in [0.25, 0.3) is 0 Å². The van der Waals surface area contributed by atoms with Crippen LogP contribution in [-0.4, -0.2) is 5.11 Å². The molecule has 3 heteroatoms. The molecule has 1 aromatic heterocycles. The molecule has 2 atom stereocenters. The monoisotopic (exact) mass is 253 g/mol. The van der Waals surface area contributed by atoms with Gasteiger partial charge in [-0.15, -0.1) is 0 Å². The summed E-state index contributed by atoms with van der Waals surface area (Å²) in [6.45, 7) is 1.14. The molecule has 3 nitrogen and oxygen atoms in total. The van der Waals surface area contributed by atoms with Crippen molar-refractivity contribution in [2.75, 3.05) is 5.32 Å². The average molecular weight is 253 g/mol. The summed E-state index contributed by atoms with van der Waals surface area (Å²) in [5, 5.41) is 12.9. The van der Waals surface area contributed by atoms with Gasteiger partial charge in [0.05, 0.1) is 6.61 Å². The molecular formula is C16H17N2O+. The first-order chi connectivity index (χ1) is 9.36. The number of nitrogens with one attached hydrogen (secondary N) is 1. The molecule has 0 radical (unpaired) electrons. The highest BCUT2D eigenvalue weighted by molar-refractivity contribution is 5.60. The van der Waals surface area contributed by atoms with E-state index >= 15 is 0 Å². The molecule has 0 saturated carbocycles. The smallest absolute Gasteiger partial charge is 0.204 e. The summed E-state index contributed by atoms with van der Waals surface area (Å²) in [5.41, 5.74) is 5.03. The molecule has 0 unspecified atom stereocenters. The molecule has 2 aliphatic heterocycles. The van der Waals surface area contributed by atoms with E-state index in [2.05, 4.69) is 46.4 Å². The molecule has 4 rings (SSSR count). The number of hydrogen-bond donors (Lipinski definition) is 2. The lowest BCUT2D eigenvalue weighted by atomic mass is 9.87. The summed E-state index contributed by atoms with van der Waals surface area (Å²) in [5.74, 6) is 0.580. The molecule has 2 aromatic rings. The maximum atomic E-state index is 9.24. The zero-order valence-electron chi connectivity index (χ0n) is 10.7. The molecule has 0 bridgehead atoms. The van der Waals surface area contributed by atoms with Gasteiger partial charge < -0.3 is 10.4 Å². The number of rotatable bonds is 1.